The van der Waals surface area contributed by atoms with Gasteiger partial charge in [0.2, 0.25) is 5.91 Å². The molecule has 5 nitrogen and oxygen atoms in total. The van der Waals surface area contributed by atoms with Gasteiger partial charge in [-0.15, -0.1) is 0 Å². The molecule has 1 aliphatic carbocycles. The van der Waals surface area contributed by atoms with E-state index in [9.17, 15) is 18.0 Å². The zero-order valence-corrected chi connectivity index (χ0v) is 16.6. The van der Waals surface area contributed by atoms with E-state index in [0.717, 1.165) is 11.6 Å². The van der Waals surface area contributed by atoms with Crippen molar-refractivity contribution in [3.8, 4) is 11.3 Å². The molecule has 0 atom stereocenters. The maximum Gasteiger partial charge on any atom is 0.228 e. The van der Waals surface area contributed by atoms with E-state index in [1.807, 2.05) is 0 Å². The summed E-state index contributed by atoms with van der Waals surface area (Å²) in [6, 6.07) is 9.70. The molecule has 2 N–H and O–H groups in total. The quantitative estimate of drug-likeness (QED) is 0.478. The second kappa shape index (κ2) is 7.30. The Balaban J connectivity index is 1.47. The van der Waals surface area contributed by atoms with Crippen LogP contribution in [0.3, 0.4) is 0 Å². The fourth-order valence-electron chi connectivity index (χ4n) is 4.29. The summed E-state index contributed by atoms with van der Waals surface area (Å²) in [6.07, 6.45) is 2.82. The number of amides is 1. The minimum atomic E-state index is -0.687. The van der Waals surface area contributed by atoms with Crippen LogP contribution in [0.1, 0.15) is 24.3 Å². The first-order valence-corrected chi connectivity index (χ1v) is 9.96. The van der Waals surface area contributed by atoms with E-state index in [-0.39, 0.29) is 29.1 Å². The number of hydrogen-bond donors (Lipinski definition) is 2. The molecule has 0 saturated heterocycles. The van der Waals surface area contributed by atoms with Gasteiger partial charge in [0, 0.05) is 36.7 Å². The highest BCUT2D eigenvalue weighted by atomic mass is 19.1. The van der Waals surface area contributed by atoms with Gasteiger partial charge in [-0.25, -0.2) is 13.2 Å². The Bertz CT molecular complexity index is 1290. The molecule has 2 heterocycles. The van der Waals surface area contributed by atoms with E-state index in [0.29, 0.717) is 35.3 Å². The van der Waals surface area contributed by atoms with E-state index < -0.39 is 11.6 Å². The van der Waals surface area contributed by atoms with E-state index in [2.05, 4.69) is 15.4 Å². The summed E-state index contributed by atoms with van der Waals surface area (Å²) in [5.74, 6) is -1.66. The number of fused-ring (bicyclic) bond motifs is 1. The summed E-state index contributed by atoms with van der Waals surface area (Å²) >= 11 is 0. The number of nitrogens with zero attached hydrogens (tertiary/aromatic N) is 2. The molecule has 1 aliphatic rings. The number of aromatic amines is 1. The molecule has 2 aromatic heterocycles. The summed E-state index contributed by atoms with van der Waals surface area (Å²) < 4.78 is 43.5. The van der Waals surface area contributed by atoms with Crippen molar-refractivity contribution in [3.05, 3.63) is 71.7 Å². The normalized spacial score (nSPS) is 18.2. The van der Waals surface area contributed by atoms with Crippen LogP contribution in [0.2, 0.25) is 0 Å². The minimum Gasteiger partial charge on any atom is -0.352 e. The number of hydrogen-bond acceptors (Lipinski definition) is 2. The van der Waals surface area contributed by atoms with Gasteiger partial charge in [0.05, 0.1) is 11.2 Å². The Hall–Kier alpha value is -3.55. The van der Waals surface area contributed by atoms with Gasteiger partial charge < -0.3 is 10.3 Å². The fourth-order valence-corrected chi connectivity index (χ4v) is 4.29. The summed E-state index contributed by atoms with van der Waals surface area (Å²) in [5, 5.41) is 7.39. The molecule has 0 radical (unpaired) electrons. The molecule has 0 unspecified atom stereocenters. The smallest absolute Gasteiger partial charge is 0.228 e. The maximum atomic E-state index is 14.5. The topological polar surface area (TPSA) is 62.7 Å². The van der Waals surface area contributed by atoms with Gasteiger partial charge >= 0.3 is 0 Å². The highest BCUT2D eigenvalue weighted by Crippen LogP contribution is 2.48. The van der Waals surface area contributed by atoms with E-state index >= 15 is 0 Å². The second-order valence-corrected chi connectivity index (χ2v) is 7.96. The van der Waals surface area contributed by atoms with Crippen LogP contribution in [0.5, 0.6) is 0 Å². The zero-order chi connectivity index (χ0) is 21.7. The number of nitrogens with one attached hydrogen (secondary N) is 2. The number of carbonyl (C=O) groups is 1. The molecule has 0 bridgehead atoms. The monoisotopic (exact) mass is 424 g/mol. The second-order valence-electron chi connectivity index (χ2n) is 7.96. The third kappa shape index (κ3) is 3.48. The van der Waals surface area contributed by atoms with Crippen molar-refractivity contribution in [2.75, 3.05) is 5.32 Å². The number of anilines is 1. The average molecular weight is 424 g/mol. The molecule has 158 valence electrons. The molecule has 5 rings (SSSR count). The number of benzene rings is 2. The van der Waals surface area contributed by atoms with Crippen molar-refractivity contribution in [1.29, 1.82) is 0 Å². The fraction of sp³-hybridized carbons (Fsp3) is 0.217. The van der Waals surface area contributed by atoms with Crippen molar-refractivity contribution < 1.29 is 18.0 Å². The molecule has 4 aromatic rings. The van der Waals surface area contributed by atoms with Gasteiger partial charge in [0.1, 0.15) is 17.5 Å². The molecule has 1 saturated carbocycles. The Kier molecular flexibility index (Phi) is 4.57. The van der Waals surface area contributed by atoms with Crippen LogP contribution in [0, 0.1) is 23.4 Å². The van der Waals surface area contributed by atoms with Gasteiger partial charge in [0.15, 0.2) is 5.82 Å². The predicted octanol–water partition coefficient (Wildman–Crippen LogP) is 5.12. The number of halogens is 3. The van der Waals surface area contributed by atoms with Crippen molar-refractivity contribution in [2.24, 2.45) is 13.0 Å². The maximum absolute atomic E-state index is 14.5. The van der Waals surface area contributed by atoms with Crippen molar-refractivity contribution in [1.82, 2.24) is 14.8 Å². The first-order valence-electron chi connectivity index (χ1n) is 9.96. The lowest BCUT2D eigenvalue weighted by molar-refractivity contribution is -0.122. The molecule has 0 spiro atoms. The Labute approximate surface area is 175 Å². The molecular weight excluding hydrogens is 405 g/mol. The van der Waals surface area contributed by atoms with Crippen LogP contribution in [0.15, 0.2) is 48.7 Å². The third-order valence-electron chi connectivity index (χ3n) is 5.88. The van der Waals surface area contributed by atoms with E-state index in [4.69, 9.17) is 0 Å². The molecule has 8 heteroatoms. The van der Waals surface area contributed by atoms with Crippen molar-refractivity contribution >= 4 is 22.6 Å². The first-order chi connectivity index (χ1) is 14.9. The van der Waals surface area contributed by atoms with Crippen LogP contribution in [0.4, 0.5) is 19.0 Å². The third-order valence-corrected chi connectivity index (χ3v) is 5.88. The summed E-state index contributed by atoms with van der Waals surface area (Å²) in [5.41, 5.74) is 2.25. The predicted molar refractivity (Wildman–Crippen MR) is 111 cm³/mol. The number of carbonyl (C=O) groups excluding carboxylic acids is 1. The average Bonchev–Trinajstić information content (AvgIpc) is 3.25. The lowest BCUT2D eigenvalue weighted by atomic mass is 9.70. The molecule has 2 aromatic carbocycles. The first kappa shape index (κ1) is 19.4. The van der Waals surface area contributed by atoms with Crippen LogP contribution in [-0.4, -0.2) is 20.7 Å². The van der Waals surface area contributed by atoms with Crippen LogP contribution < -0.4 is 5.32 Å². The number of aryl methyl sites for hydroxylation is 1. The number of aromatic nitrogens is 3. The lowest BCUT2D eigenvalue weighted by Crippen LogP contribution is -2.33. The Morgan fingerprint density at radius 2 is 1.84 bits per heavy atom. The van der Waals surface area contributed by atoms with E-state index in [1.54, 1.807) is 36.1 Å². The van der Waals surface area contributed by atoms with Crippen LogP contribution in [0.25, 0.3) is 22.2 Å². The molecule has 31 heavy (non-hydrogen) atoms. The highest BCUT2D eigenvalue weighted by molar-refractivity contribution is 5.95. The van der Waals surface area contributed by atoms with Crippen LogP contribution in [-0.2, 0) is 11.8 Å². The van der Waals surface area contributed by atoms with Gasteiger partial charge in [-0.2, -0.15) is 5.10 Å². The minimum absolute atomic E-state index is 0.0607. The largest absolute Gasteiger partial charge is 0.352 e. The number of rotatable bonds is 4. The van der Waals surface area contributed by atoms with Gasteiger partial charge in [-0.05, 0) is 60.2 Å². The molecule has 0 aliphatic heterocycles. The number of H-pyrrole nitrogens is 1. The summed E-state index contributed by atoms with van der Waals surface area (Å²) in [4.78, 5) is 15.6. The van der Waals surface area contributed by atoms with Gasteiger partial charge in [-0.1, -0.05) is 0 Å². The standard InChI is InChI=1S/C23H19F3N4O/c1-30-7-6-19(29-30)27-23(31)14-8-13(9-14)20-17-10-16(25)11-18(26)22(17)28-21(20)12-2-4-15(24)5-3-12/h2-7,10-11,13-14,28H,8-9H2,1H3,(H,27,29,31)/t13-,14-. The van der Waals surface area contributed by atoms with Gasteiger partial charge in [-0.3, -0.25) is 9.48 Å². The summed E-state index contributed by atoms with van der Waals surface area (Å²) in [7, 11) is 1.77. The molecule has 1 fully saturated rings. The lowest BCUT2D eigenvalue weighted by Gasteiger charge is -2.34. The molecule has 1 amide bonds. The molecular formula is C23H19F3N4O. The SMILES string of the molecule is Cn1ccc(NC(=O)[C@H]2C[C@H](c3c(-c4ccc(F)cc4)[nH]c4c(F)cc(F)cc43)C2)n1. The zero-order valence-electron chi connectivity index (χ0n) is 16.6. The van der Waals surface area contributed by atoms with Gasteiger partial charge in [0.25, 0.3) is 0 Å². The van der Waals surface area contributed by atoms with E-state index in [1.165, 1.54) is 18.2 Å². The van der Waals surface area contributed by atoms with Crippen LogP contribution >= 0.6 is 0 Å². The highest BCUT2D eigenvalue weighted by Gasteiger charge is 2.38. The Morgan fingerprint density at radius 1 is 1.10 bits per heavy atom. The van der Waals surface area contributed by atoms with Crippen molar-refractivity contribution in [3.63, 3.8) is 0 Å². The van der Waals surface area contributed by atoms with Crippen molar-refractivity contribution in [2.45, 2.75) is 18.8 Å². The summed E-state index contributed by atoms with van der Waals surface area (Å²) in [6.45, 7) is 0. The Morgan fingerprint density at radius 3 is 2.52 bits per heavy atom.